The van der Waals surface area contributed by atoms with Crippen LogP contribution in [0.4, 0.5) is 0 Å². The van der Waals surface area contributed by atoms with E-state index in [-0.39, 0.29) is 4.75 Å². The molecule has 0 saturated heterocycles. The maximum Gasteiger partial charge on any atom is 0.199 e. The molecule has 0 unspecified atom stereocenters. The fourth-order valence-electron chi connectivity index (χ4n) is 4.45. The molecular weight excluding hydrogens is 228 g/mol. The van der Waals surface area contributed by atoms with Crippen molar-refractivity contribution in [1.29, 1.82) is 0 Å². The van der Waals surface area contributed by atoms with E-state index in [9.17, 15) is 8.42 Å². The summed E-state index contributed by atoms with van der Waals surface area (Å²) >= 11 is 0. The van der Waals surface area contributed by atoms with Crippen LogP contribution in [0.25, 0.3) is 0 Å². The van der Waals surface area contributed by atoms with Gasteiger partial charge in [0.25, 0.3) is 0 Å². The summed E-state index contributed by atoms with van der Waals surface area (Å²) in [5.41, 5.74) is 0. The largest absolute Gasteiger partial charge is 0.218 e. The topological polar surface area (TPSA) is 34.1 Å². The second kappa shape index (κ2) is 3.16. The van der Waals surface area contributed by atoms with Crippen molar-refractivity contribution in [3.05, 3.63) is 0 Å². The molecule has 4 saturated carbocycles. The number of hydrogen-bond acceptors (Lipinski definition) is 3. The van der Waals surface area contributed by atoms with Gasteiger partial charge in [-0.25, -0.2) is 8.42 Å². The zero-order chi connectivity index (χ0) is 10.7. The van der Waals surface area contributed by atoms with Crippen LogP contribution in [0, 0.1) is 17.8 Å². The first kappa shape index (κ1) is 10.5. The zero-order valence-electron chi connectivity index (χ0n) is 9.11. The van der Waals surface area contributed by atoms with Gasteiger partial charge in [-0.15, -0.1) is 0 Å². The lowest BCUT2D eigenvalue weighted by molar-refractivity contribution is 0.0389. The number of hydrogen-bond donors (Lipinski definition) is 0. The van der Waals surface area contributed by atoms with Crippen molar-refractivity contribution in [3.63, 3.8) is 0 Å². The minimum atomic E-state index is -2.87. The lowest BCUT2D eigenvalue weighted by Crippen LogP contribution is -2.48. The molecule has 4 rings (SSSR count). The Hall–Kier alpha value is 0.300. The van der Waals surface area contributed by atoms with Crippen LogP contribution >= 0.6 is 10.8 Å². The molecule has 4 fully saturated rings. The van der Waals surface area contributed by atoms with Gasteiger partial charge < -0.3 is 0 Å². The first-order valence-corrected chi connectivity index (χ1v) is 9.07. The molecule has 0 aromatic rings. The van der Waals surface area contributed by atoms with E-state index >= 15 is 0 Å². The van der Waals surface area contributed by atoms with E-state index in [2.05, 4.69) is 0 Å². The maximum absolute atomic E-state index is 11.5. The fraction of sp³-hybridized carbons (Fsp3) is 1.00. The van der Waals surface area contributed by atoms with E-state index in [0.29, 0.717) is 0 Å². The smallest absolute Gasteiger partial charge is 0.199 e. The summed E-state index contributed by atoms with van der Waals surface area (Å²) in [6.07, 6.45) is 9.00. The molecule has 0 heterocycles. The zero-order valence-corrected chi connectivity index (χ0v) is 10.7. The van der Waals surface area contributed by atoms with E-state index in [0.717, 1.165) is 37.0 Å². The summed E-state index contributed by atoms with van der Waals surface area (Å²) in [4.78, 5) is 0. The van der Waals surface area contributed by atoms with Gasteiger partial charge in [0.1, 0.15) is 0 Å². The highest BCUT2D eigenvalue weighted by molar-refractivity contribution is 8.72. The van der Waals surface area contributed by atoms with Crippen LogP contribution in [0.2, 0.25) is 0 Å². The maximum atomic E-state index is 11.5. The molecule has 0 aromatic carbocycles. The van der Waals surface area contributed by atoms with Gasteiger partial charge in [-0.2, -0.15) is 0 Å². The van der Waals surface area contributed by atoms with E-state index in [1.807, 2.05) is 0 Å². The van der Waals surface area contributed by atoms with Crippen molar-refractivity contribution in [1.82, 2.24) is 0 Å². The third-order valence-corrected chi connectivity index (χ3v) is 7.44. The van der Waals surface area contributed by atoms with Crippen LogP contribution in [0.1, 0.15) is 38.5 Å². The van der Waals surface area contributed by atoms with Gasteiger partial charge in [0.2, 0.25) is 0 Å². The molecule has 86 valence electrons. The molecule has 15 heavy (non-hydrogen) atoms. The molecular formula is C11H18O2S2. The average Bonchev–Trinajstić information content (AvgIpc) is 1.94. The Bertz CT molecular complexity index is 337. The molecule has 0 aliphatic heterocycles. The third-order valence-electron chi connectivity index (χ3n) is 4.31. The van der Waals surface area contributed by atoms with Crippen molar-refractivity contribution in [3.8, 4) is 0 Å². The van der Waals surface area contributed by atoms with Crippen LogP contribution in [0.5, 0.6) is 0 Å². The molecule has 0 aromatic heterocycles. The molecule has 4 heteroatoms. The Kier molecular flexibility index (Phi) is 2.20. The Balaban J connectivity index is 1.87. The summed E-state index contributed by atoms with van der Waals surface area (Å²) in [7, 11) is -1.58. The predicted octanol–water partition coefficient (Wildman–Crippen LogP) is 2.65. The van der Waals surface area contributed by atoms with Gasteiger partial charge in [0.15, 0.2) is 8.87 Å². The molecule has 0 spiro atoms. The van der Waals surface area contributed by atoms with E-state index in [1.165, 1.54) is 36.3 Å². The molecule has 4 aliphatic carbocycles. The lowest BCUT2D eigenvalue weighted by atomic mass is 9.56. The second-order valence-electron chi connectivity index (χ2n) is 5.89. The summed E-state index contributed by atoms with van der Waals surface area (Å²) in [5.74, 6) is 2.52. The Morgan fingerprint density at radius 2 is 1.40 bits per heavy atom. The van der Waals surface area contributed by atoms with Crippen LogP contribution in [0.15, 0.2) is 0 Å². The molecule has 0 N–H and O–H groups in total. The molecule has 4 aliphatic rings. The monoisotopic (exact) mass is 246 g/mol. The molecule has 0 amide bonds. The summed E-state index contributed by atoms with van der Waals surface area (Å²) in [6, 6.07) is 0. The van der Waals surface area contributed by atoms with Crippen LogP contribution in [-0.4, -0.2) is 19.4 Å². The minimum Gasteiger partial charge on any atom is -0.218 e. The van der Waals surface area contributed by atoms with Crippen molar-refractivity contribution >= 4 is 19.7 Å². The van der Waals surface area contributed by atoms with Crippen molar-refractivity contribution < 1.29 is 8.42 Å². The van der Waals surface area contributed by atoms with Gasteiger partial charge in [-0.1, -0.05) is 0 Å². The van der Waals surface area contributed by atoms with Crippen molar-refractivity contribution in [2.24, 2.45) is 17.8 Å². The number of rotatable bonds is 2. The predicted molar refractivity (Wildman–Crippen MR) is 63.3 cm³/mol. The standard InChI is InChI=1S/C11H18O2S2/c1-15(12,13)14-11-5-8-2-9(6-11)4-10(3-8)7-11/h8-10H,2-7H2,1H3. The second-order valence-corrected chi connectivity index (χ2v) is 10.6. The van der Waals surface area contributed by atoms with Gasteiger partial charge in [-0.05, 0) is 67.1 Å². The summed E-state index contributed by atoms with van der Waals surface area (Å²) in [5, 5.41) is 0. The Labute approximate surface area is 95.5 Å². The molecule has 2 nitrogen and oxygen atoms in total. The van der Waals surface area contributed by atoms with Crippen molar-refractivity contribution in [2.75, 3.05) is 6.26 Å². The highest BCUT2D eigenvalue weighted by Gasteiger charge is 2.52. The molecule has 0 radical (unpaired) electrons. The first-order chi connectivity index (χ1) is 6.94. The first-order valence-electron chi connectivity index (χ1n) is 5.85. The highest BCUT2D eigenvalue weighted by Crippen LogP contribution is 2.61. The van der Waals surface area contributed by atoms with Crippen LogP contribution in [0.3, 0.4) is 0 Å². The van der Waals surface area contributed by atoms with Crippen molar-refractivity contribution in [2.45, 2.75) is 43.3 Å². The Morgan fingerprint density at radius 1 is 1.00 bits per heavy atom. The quantitative estimate of drug-likeness (QED) is 0.702. The van der Waals surface area contributed by atoms with E-state index < -0.39 is 8.87 Å². The van der Waals surface area contributed by atoms with Gasteiger partial charge in [0.05, 0.1) is 0 Å². The highest BCUT2D eigenvalue weighted by atomic mass is 33.1. The molecule has 4 bridgehead atoms. The van der Waals surface area contributed by atoms with Gasteiger partial charge in [-0.3, -0.25) is 0 Å². The third kappa shape index (κ3) is 1.95. The van der Waals surface area contributed by atoms with E-state index in [4.69, 9.17) is 0 Å². The average molecular weight is 246 g/mol. The SMILES string of the molecule is CS(=O)(=O)SC12CC3CC(CC(C3)C1)C2. The summed E-state index contributed by atoms with van der Waals surface area (Å²) in [6.45, 7) is 0. The van der Waals surface area contributed by atoms with Gasteiger partial charge >= 0.3 is 0 Å². The Morgan fingerprint density at radius 3 is 1.73 bits per heavy atom. The molecule has 0 atom stereocenters. The van der Waals surface area contributed by atoms with E-state index in [1.54, 1.807) is 0 Å². The normalized spacial score (nSPS) is 48.5. The lowest BCUT2D eigenvalue weighted by Gasteiger charge is -2.55. The fourth-order valence-corrected chi connectivity index (χ4v) is 8.55. The summed E-state index contributed by atoms with van der Waals surface area (Å²) < 4.78 is 23.1. The van der Waals surface area contributed by atoms with Crippen LogP contribution in [-0.2, 0) is 8.87 Å². The van der Waals surface area contributed by atoms with Crippen LogP contribution < -0.4 is 0 Å². The van der Waals surface area contributed by atoms with Gasteiger partial charge in [0, 0.05) is 11.0 Å². The minimum absolute atomic E-state index is 0.113.